The number of piperidine rings is 1. The number of carbonyl (C=O) groups excluding carboxylic acids is 3. The summed E-state index contributed by atoms with van der Waals surface area (Å²) in [7, 11) is 0. The molecular formula is C16H21N3O3. The van der Waals surface area contributed by atoms with Gasteiger partial charge in [-0.25, -0.2) is 0 Å². The lowest BCUT2D eigenvalue weighted by Gasteiger charge is -2.30. The molecule has 1 aromatic heterocycles. The minimum Gasteiger partial charge on any atom is -0.369 e. The van der Waals surface area contributed by atoms with Gasteiger partial charge < -0.3 is 15.6 Å². The highest BCUT2D eigenvalue weighted by atomic mass is 16.2. The molecule has 0 unspecified atom stereocenters. The first kappa shape index (κ1) is 14.8. The maximum Gasteiger partial charge on any atom is 0.270 e. The standard InChI is InChI=1S/C16H21N3O3/c1-9-13-11(3-2-4-12(13)20)18-14(9)16(22)19-7-5-10(6-8-19)15(17)21/h10,18H,2-8H2,1H3,(H2,17,21). The van der Waals surface area contributed by atoms with Gasteiger partial charge in [0.2, 0.25) is 5.91 Å². The van der Waals surface area contributed by atoms with Crippen molar-refractivity contribution in [1.82, 2.24) is 9.88 Å². The van der Waals surface area contributed by atoms with E-state index in [0.29, 0.717) is 43.6 Å². The van der Waals surface area contributed by atoms with Gasteiger partial charge in [0.25, 0.3) is 5.91 Å². The Morgan fingerprint density at radius 1 is 1.23 bits per heavy atom. The topological polar surface area (TPSA) is 96.3 Å². The van der Waals surface area contributed by atoms with Gasteiger partial charge in [-0.15, -0.1) is 0 Å². The summed E-state index contributed by atoms with van der Waals surface area (Å²) in [5, 5.41) is 0. The van der Waals surface area contributed by atoms with Crippen molar-refractivity contribution in [2.24, 2.45) is 11.7 Å². The van der Waals surface area contributed by atoms with E-state index in [0.717, 1.165) is 24.1 Å². The highest BCUT2D eigenvalue weighted by Crippen LogP contribution is 2.28. The Hall–Kier alpha value is -2.11. The van der Waals surface area contributed by atoms with Crippen molar-refractivity contribution in [3.8, 4) is 0 Å². The molecule has 2 aliphatic rings. The number of hydrogen-bond acceptors (Lipinski definition) is 3. The lowest BCUT2D eigenvalue weighted by atomic mass is 9.93. The molecule has 1 aliphatic heterocycles. The molecule has 6 heteroatoms. The monoisotopic (exact) mass is 303 g/mol. The first-order valence-electron chi connectivity index (χ1n) is 7.82. The van der Waals surface area contributed by atoms with Gasteiger partial charge in [0, 0.05) is 36.7 Å². The zero-order valence-corrected chi connectivity index (χ0v) is 12.8. The third kappa shape index (κ3) is 2.42. The molecule has 6 nitrogen and oxygen atoms in total. The van der Waals surface area contributed by atoms with Crippen LogP contribution in [0.1, 0.15) is 57.8 Å². The molecule has 0 saturated carbocycles. The number of amides is 2. The van der Waals surface area contributed by atoms with Crippen LogP contribution >= 0.6 is 0 Å². The van der Waals surface area contributed by atoms with E-state index in [1.165, 1.54) is 0 Å². The molecule has 118 valence electrons. The molecule has 0 aromatic carbocycles. The van der Waals surface area contributed by atoms with E-state index in [1.54, 1.807) is 4.90 Å². The molecule has 0 bridgehead atoms. The summed E-state index contributed by atoms with van der Waals surface area (Å²) in [6, 6.07) is 0. The largest absolute Gasteiger partial charge is 0.369 e. The van der Waals surface area contributed by atoms with Gasteiger partial charge in [-0.1, -0.05) is 0 Å². The van der Waals surface area contributed by atoms with Crippen molar-refractivity contribution in [3.05, 3.63) is 22.5 Å². The number of rotatable bonds is 2. The molecule has 1 aromatic rings. The Morgan fingerprint density at radius 3 is 2.50 bits per heavy atom. The second-order valence-electron chi connectivity index (χ2n) is 6.22. The summed E-state index contributed by atoms with van der Waals surface area (Å²) in [6.07, 6.45) is 3.44. The molecule has 1 saturated heterocycles. The van der Waals surface area contributed by atoms with Crippen LogP contribution in [0.15, 0.2) is 0 Å². The first-order valence-corrected chi connectivity index (χ1v) is 7.82. The molecule has 0 radical (unpaired) electrons. The number of fused-ring (bicyclic) bond motifs is 1. The number of H-pyrrole nitrogens is 1. The highest BCUT2D eigenvalue weighted by molar-refractivity contribution is 6.04. The number of primary amides is 1. The van der Waals surface area contributed by atoms with Gasteiger partial charge >= 0.3 is 0 Å². The van der Waals surface area contributed by atoms with Gasteiger partial charge in [0.15, 0.2) is 5.78 Å². The Kier molecular flexibility index (Phi) is 3.76. The Morgan fingerprint density at radius 2 is 1.91 bits per heavy atom. The van der Waals surface area contributed by atoms with Crippen LogP contribution in [0.5, 0.6) is 0 Å². The van der Waals surface area contributed by atoms with Gasteiger partial charge in [-0.2, -0.15) is 0 Å². The maximum absolute atomic E-state index is 12.7. The zero-order valence-electron chi connectivity index (χ0n) is 12.8. The minimum absolute atomic E-state index is 0.0809. The van der Waals surface area contributed by atoms with Crippen LogP contribution < -0.4 is 5.73 Å². The molecule has 3 rings (SSSR count). The fraction of sp³-hybridized carbons (Fsp3) is 0.562. The van der Waals surface area contributed by atoms with E-state index in [1.807, 2.05) is 6.92 Å². The number of likely N-dealkylation sites (tertiary alicyclic amines) is 1. The van der Waals surface area contributed by atoms with Crippen LogP contribution in [-0.4, -0.2) is 40.6 Å². The van der Waals surface area contributed by atoms with Crippen LogP contribution in [-0.2, 0) is 11.2 Å². The number of nitrogens with one attached hydrogen (secondary N) is 1. The molecule has 3 N–H and O–H groups in total. The van der Waals surface area contributed by atoms with Crippen molar-refractivity contribution < 1.29 is 14.4 Å². The molecule has 0 atom stereocenters. The third-order valence-corrected chi connectivity index (χ3v) is 4.84. The van der Waals surface area contributed by atoms with E-state index in [-0.39, 0.29) is 23.5 Å². The predicted octanol–water partition coefficient (Wildman–Crippen LogP) is 1.18. The van der Waals surface area contributed by atoms with E-state index < -0.39 is 0 Å². The van der Waals surface area contributed by atoms with Gasteiger partial charge in [-0.05, 0) is 38.2 Å². The fourth-order valence-electron chi connectivity index (χ4n) is 3.51. The van der Waals surface area contributed by atoms with E-state index >= 15 is 0 Å². The third-order valence-electron chi connectivity index (χ3n) is 4.84. The normalized spacial score (nSPS) is 19.1. The molecular weight excluding hydrogens is 282 g/mol. The Balaban J connectivity index is 1.79. The smallest absolute Gasteiger partial charge is 0.270 e. The molecule has 22 heavy (non-hydrogen) atoms. The van der Waals surface area contributed by atoms with Crippen molar-refractivity contribution in [3.63, 3.8) is 0 Å². The van der Waals surface area contributed by atoms with Crippen LogP contribution in [0.2, 0.25) is 0 Å². The lowest BCUT2D eigenvalue weighted by Crippen LogP contribution is -2.42. The summed E-state index contributed by atoms with van der Waals surface area (Å²) in [5.74, 6) is -0.378. The Labute approximate surface area is 129 Å². The van der Waals surface area contributed by atoms with E-state index in [4.69, 9.17) is 5.73 Å². The maximum atomic E-state index is 12.7. The van der Waals surface area contributed by atoms with Gasteiger partial charge in [0.1, 0.15) is 5.69 Å². The second-order valence-corrected chi connectivity index (χ2v) is 6.22. The minimum atomic E-state index is -0.288. The van der Waals surface area contributed by atoms with Crippen molar-refractivity contribution >= 4 is 17.6 Å². The molecule has 2 amide bonds. The quantitative estimate of drug-likeness (QED) is 0.858. The van der Waals surface area contributed by atoms with Gasteiger partial charge in [-0.3, -0.25) is 14.4 Å². The predicted molar refractivity (Wildman–Crippen MR) is 80.6 cm³/mol. The SMILES string of the molecule is Cc1c(C(=O)N2CCC(C(N)=O)CC2)[nH]c2c1C(=O)CCC2. The second kappa shape index (κ2) is 5.59. The molecule has 1 fully saturated rings. The number of carbonyl (C=O) groups is 3. The fourth-order valence-corrected chi connectivity index (χ4v) is 3.51. The van der Waals surface area contributed by atoms with Crippen LogP contribution in [0.25, 0.3) is 0 Å². The van der Waals surface area contributed by atoms with E-state index in [9.17, 15) is 14.4 Å². The summed E-state index contributed by atoms with van der Waals surface area (Å²) < 4.78 is 0. The number of aryl methyl sites for hydroxylation is 1. The number of nitrogens with two attached hydrogens (primary N) is 1. The first-order chi connectivity index (χ1) is 10.5. The van der Waals surface area contributed by atoms with Crippen molar-refractivity contribution in [1.29, 1.82) is 0 Å². The zero-order chi connectivity index (χ0) is 15.9. The number of Topliss-reactive ketones (excluding diaryl/α,β-unsaturated/α-hetero) is 1. The molecule has 2 heterocycles. The summed E-state index contributed by atoms with van der Waals surface area (Å²) in [4.78, 5) is 40.8. The van der Waals surface area contributed by atoms with Crippen LogP contribution in [0.3, 0.4) is 0 Å². The van der Waals surface area contributed by atoms with Crippen molar-refractivity contribution in [2.45, 2.75) is 39.0 Å². The Bertz CT molecular complexity index is 639. The summed E-state index contributed by atoms with van der Waals surface area (Å²) in [5.41, 5.74) is 8.21. The highest BCUT2D eigenvalue weighted by Gasteiger charge is 2.31. The summed E-state index contributed by atoms with van der Waals surface area (Å²) in [6.45, 7) is 2.90. The van der Waals surface area contributed by atoms with E-state index in [2.05, 4.69) is 4.98 Å². The van der Waals surface area contributed by atoms with Gasteiger partial charge in [0.05, 0.1) is 0 Å². The lowest BCUT2D eigenvalue weighted by molar-refractivity contribution is -0.123. The number of aromatic amines is 1. The van der Waals surface area contributed by atoms with Crippen LogP contribution in [0, 0.1) is 12.8 Å². The number of aromatic nitrogens is 1. The number of hydrogen-bond donors (Lipinski definition) is 2. The number of ketones is 1. The molecule has 0 spiro atoms. The average Bonchev–Trinajstić information content (AvgIpc) is 2.85. The average molecular weight is 303 g/mol. The van der Waals surface area contributed by atoms with Crippen LogP contribution in [0.4, 0.5) is 0 Å². The molecule has 1 aliphatic carbocycles. The van der Waals surface area contributed by atoms with Crippen molar-refractivity contribution in [2.75, 3.05) is 13.1 Å². The number of nitrogens with zero attached hydrogens (tertiary/aromatic N) is 1. The summed E-state index contributed by atoms with van der Waals surface area (Å²) >= 11 is 0.